The van der Waals surface area contributed by atoms with Crippen LogP contribution in [0.3, 0.4) is 0 Å². The van der Waals surface area contributed by atoms with Crippen LogP contribution in [0.1, 0.15) is 26.3 Å². The number of nitrogens with one attached hydrogen (secondary N) is 1. The van der Waals surface area contributed by atoms with Crippen molar-refractivity contribution in [1.29, 1.82) is 0 Å². The molecule has 0 saturated carbocycles. The second-order valence-corrected chi connectivity index (χ2v) is 4.40. The van der Waals surface area contributed by atoms with E-state index in [-0.39, 0.29) is 30.3 Å². The fourth-order valence-electron chi connectivity index (χ4n) is 1.36. The third-order valence-corrected chi connectivity index (χ3v) is 2.29. The molecule has 0 aliphatic carbocycles. The van der Waals surface area contributed by atoms with Crippen molar-refractivity contribution in [1.82, 2.24) is 5.32 Å². The number of hydrogen-bond donors (Lipinski definition) is 2. The van der Waals surface area contributed by atoms with Crippen LogP contribution >= 0.6 is 0 Å². The van der Waals surface area contributed by atoms with E-state index < -0.39 is 0 Å². The van der Waals surface area contributed by atoms with Gasteiger partial charge < -0.3 is 15.2 Å². The predicted molar refractivity (Wildman–Crippen MR) is 65.6 cm³/mol. The summed E-state index contributed by atoms with van der Waals surface area (Å²) in [5, 5.41) is 11.9. The van der Waals surface area contributed by atoms with Crippen LogP contribution in [0.5, 0.6) is 5.75 Å². The molecule has 0 aliphatic heterocycles. The van der Waals surface area contributed by atoms with Crippen LogP contribution < -0.4 is 10.1 Å². The van der Waals surface area contributed by atoms with E-state index >= 15 is 0 Å². The van der Waals surface area contributed by atoms with E-state index in [1.807, 2.05) is 26.8 Å². The first kappa shape index (κ1) is 13.9. The number of aliphatic hydroxyl groups is 1. The van der Waals surface area contributed by atoms with Gasteiger partial charge in [0.05, 0.1) is 12.7 Å². The molecule has 3 nitrogen and oxygen atoms in total. The van der Waals surface area contributed by atoms with Gasteiger partial charge in [-0.1, -0.05) is 6.07 Å². The van der Waals surface area contributed by atoms with E-state index in [2.05, 4.69) is 5.32 Å². The summed E-state index contributed by atoms with van der Waals surface area (Å²) in [6, 6.07) is 4.91. The third-order valence-electron chi connectivity index (χ3n) is 2.29. The van der Waals surface area contributed by atoms with Crippen molar-refractivity contribution in [2.45, 2.75) is 39.5 Å². The zero-order valence-corrected chi connectivity index (χ0v) is 10.5. The number of halogens is 1. The van der Waals surface area contributed by atoms with Crippen molar-refractivity contribution in [2.24, 2.45) is 0 Å². The molecule has 0 fully saturated rings. The summed E-state index contributed by atoms with van der Waals surface area (Å²) in [7, 11) is 0. The second-order valence-electron chi connectivity index (χ2n) is 4.40. The molecule has 0 saturated heterocycles. The zero-order chi connectivity index (χ0) is 12.8. The van der Waals surface area contributed by atoms with Crippen molar-refractivity contribution >= 4 is 0 Å². The van der Waals surface area contributed by atoms with Gasteiger partial charge in [-0.25, -0.2) is 4.39 Å². The lowest BCUT2D eigenvalue weighted by Crippen LogP contribution is -2.28. The van der Waals surface area contributed by atoms with E-state index in [1.165, 1.54) is 6.07 Å². The maximum atomic E-state index is 13.6. The number of rotatable bonds is 6. The van der Waals surface area contributed by atoms with Crippen LogP contribution in [-0.2, 0) is 6.54 Å². The molecule has 0 heterocycles. The maximum absolute atomic E-state index is 13.6. The van der Waals surface area contributed by atoms with Gasteiger partial charge >= 0.3 is 0 Å². The Bertz CT molecular complexity index is 355. The first-order valence-electron chi connectivity index (χ1n) is 5.82. The van der Waals surface area contributed by atoms with Gasteiger partial charge in [0, 0.05) is 12.6 Å². The van der Waals surface area contributed by atoms with Gasteiger partial charge in [0.1, 0.15) is 0 Å². The van der Waals surface area contributed by atoms with Crippen molar-refractivity contribution in [3.63, 3.8) is 0 Å². The van der Waals surface area contributed by atoms with Gasteiger partial charge in [0.2, 0.25) is 0 Å². The SMILES string of the molecule is CC(CO)NCc1ccc(OC(C)C)c(F)c1. The van der Waals surface area contributed by atoms with Gasteiger partial charge in [-0.3, -0.25) is 0 Å². The first-order valence-corrected chi connectivity index (χ1v) is 5.82. The molecule has 1 rings (SSSR count). The van der Waals surface area contributed by atoms with Gasteiger partial charge in [0.15, 0.2) is 11.6 Å². The molecule has 96 valence electrons. The lowest BCUT2D eigenvalue weighted by atomic mass is 10.2. The molecular weight excluding hydrogens is 221 g/mol. The first-order chi connectivity index (χ1) is 8.02. The molecular formula is C13H20FNO2. The minimum absolute atomic E-state index is 0.00431. The van der Waals surface area contributed by atoms with Crippen molar-refractivity contribution in [2.75, 3.05) is 6.61 Å². The Labute approximate surface area is 102 Å². The minimum atomic E-state index is -0.352. The van der Waals surface area contributed by atoms with E-state index in [0.29, 0.717) is 6.54 Å². The Morgan fingerprint density at radius 2 is 2.06 bits per heavy atom. The molecule has 0 bridgehead atoms. The van der Waals surface area contributed by atoms with Gasteiger partial charge in [-0.2, -0.15) is 0 Å². The van der Waals surface area contributed by atoms with Crippen LogP contribution in [0.15, 0.2) is 18.2 Å². The number of hydrogen-bond acceptors (Lipinski definition) is 3. The Morgan fingerprint density at radius 3 is 2.59 bits per heavy atom. The highest BCUT2D eigenvalue weighted by Crippen LogP contribution is 2.19. The molecule has 17 heavy (non-hydrogen) atoms. The Balaban J connectivity index is 2.62. The molecule has 2 N–H and O–H groups in total. The Morgan fingerprint density at radius 1 is 1.35 bits per heavy atom. The average molecular weight is 241 g/mol. The van der Waals surface area contributed by atoms with E-state index in [1.54, 1.807) is 6.07 Å². The Hall–Kier alpha value is -1.13. The number of benzene rings is 1. The summed E-state index contributed by atoms with van der Waals surface area (Å²) < 4.78 is 18.9. The monoisotopic (exact) mass is 241 g/mol. The van der Waals surface area contributed by atoms with Crippen molar-refractivity contribution in [3.05, 3.63) is 29.6 Å². The summed E-state index contributed by atoms with van der Waals surface area (Å²) in [5.41, 5.74) is 0.832. The van der Waals surface area contributed by atoms with Crippen molar-refractivity contribution < 1.29 is 14.2 Å². The molecule has 1 aromatic carbocycles. The van der Waals surface area contributed by atoms with E-state index in [9.17, 15) is 4.39 Å². The molecule has 0 aromatic heterocycles. The van der Waals surface area contributed by atoms with Gasteiger partial charge in [-0.15, -0.1) is 0 Å². The standard InChI is InChI=1S/C13H20FNO2/c1-9(2)17-13-5-4-11(6-12(13)14)7-15-10(3)8-16/h4-6,9-10,15-16H,7-8H2,1-3H3. The maximum Gasteiger partial charge on any atom is 0.165 e. The summed E-state index contributed by atoms with van der Waals surface area (Å²) in [6.45, 7) is 6.18. The molecule has 4 heteroatoms. The molecule has 0 radical (unpaired) electrons. The molecule has 1 aromatic rings. The lowest BCUT2D eigenvalue weighted by Gasteiger charge is -2.13. The zero-order valence-electron chi connectivity index (χ0n) is 10.5. The highest BCUT2D eigenvalue weighted by atomic mass is 19.1. The summed E-state index contributed by atoms with van der Waals surface area (Å²) in [4.78, 5) is 0. The van der Waals surface area contributed by atoms with Crippen LogP contribution in [0.4, 0.5) is 4.39 Å². The smallest absolute Gasteiger partial charge is 0.165 e. The Kier molecular flexibility index (Phi) is 5.38. The van der Waals surface area contributed by atoms with Gasteiger partial charge in [-0.05, 0) is 38.5 Å². The molecule has 0 aliphatic rings. The molecule has 1 atom stereocenters. The predicted octanol–water partition coefficient (Wildman–Crippen LogP) is 2.08. The summed E-state index contributed by atoms with van der Waals surface area (Å²) >= 11 is 0. The van der Waals surface area contributed by atoms with Gasteiger partial charge in [0.25, 0.3) is 0 Å². The molecule has 0 amide bonds. The van der Waals surface area contributed by atoms with E-state index in [4.69, 9.17) is 9.84 Å². The average Bonchev–Trinajstić information content (AvgIpc) is 2.28. The largest absolute Gasteiger partial charge is 0.488 e. The van der Waals surface area contributed by atoms with Crippen LogP contribution in [0.2, 0.25) is 0 Å². The minimum Gasteiger partial charge on any atom is -0.488 e. The topological polar surface area (TPSA) is 41.5 Å². The molecule has 1 unspecified atom stereocenters. The van der Waals surface area contributed by atoms with Crippen molar-refractivity contribution in [3.8, 4) is 5.75 Å². The summed E-state index contributed by atoms with van der Waals surface area (Å²) in [5.74, 6) is -0.0754. The fourth-order valence-corrected chi connectivity index (χ4v) is 1.36. The highest BCUT2D eigenvalue weighted by molar-refractivity contribution is 5.29. The van der Waals surface area contributed by atoms with Crippen LogP contribution in [0.25, 0.3) is 0 Å². The van der Waals surface area contributed by atoms with E-state index in [0.717, 1.165) is 5.56 Å². The second kappa shape index (κ2) is 6.57. The third kappa shape index (κ3) is 4.71. The van der Waals surface area contributed by atoms with Crippen LogP contribution in [-0.4, -0.2) is 23.9 Å². The normalized spacial score (nSPS) is 12.8. The number of aliphatic hydroxyl groups excluding tert-OH is 1. The summed E-state index contributed by atoms with van der Waals surface area (Å²) in [6.07, 6.45) is -0.0390. The highest BCUT2D eigenvalue weighted by Gasteiger charge is 2.07. The quantitative estimate of drug-likeness (QED) is 0.801. The number of ether oxygens (including phenoxy) is 1. The van der Waals surface area contributed by atoms with Crippen LogP contribution in [0, 0.1) is 5.82 Å². The molecule has 0 spiro atoms. The fraction of sp³-hybridized carbons (Fsp3) is 0.538. The lowest BCUT2D eigenvalue weighted by molar-refractivity contribution is 0.231.